The number of aryl methyl sites for hydroxylation is 3. The van der Waals surface area contributed by atoms with E-state index >= 15 is 0 Å². The SMILES string of the molecule is Cc1cc2c3c(c1)-n1c4c(c5cc(C(C)(C)C)cc(c51)B3c1ccc(N(c3ccc(C(C)(C)C)cc3C)c3ccc(C(C)(C)C)cc3C)cc1N2c1cccc2c1sc1cc(C(C)(C)C)ccc12)C(C)(C)c1ccccc1-4. The average Bonchev–Trinajstić information content (AvgIpc) is 3.25. The number of fused-ring (bicyclic) bond motifs is 12. The van der Waals surface area contributed by atoms with E-state index in [9.17, 15) is 0 Å². The van der Waals surface area contributed by atoms with Crippen LogP contribution < -0.4 is 26.2 Å². The second-order valence-corrected chi connectivity index (χ2v) is 28.8. The fraction of sp³-hybridized carbons (Fsp3) is 0.306. The Morgan fingerprint density at radius 2 is 1.10 bits per heavy atom. The van der Waals surface area contributed by atoms with Gasteiger partial charge in [-0.2, -0.15) is 0 Å². The van der Waals surface area contributed by atoms with Crippen LogP contribution in [0.3, 0.4) is 0 Å². The van der Waals surface area contributed by atoms with Crippen molar-refractivity contribution >= 4 is 99.6 Å². The maximum atomic E-state index is 2.71. The number of hydrogen-bond acceptors (Lipinski definition) is 3. The molecular weight excluding hydrogens is 950 g/mol. The van der Waals surface area contributed by atoms with E-state index in [1.165, 1.54) is 143 Å². The molecule has 3 nitrogen and oxygen atoms in total. The zero-order valence-corrected chi connectivity index (χ0v) is 49.4. The van der Waals surface area contributed by atoms with Gasteiger partial charge in [0.2, 0.25) is 0 Å². The fourth-order valence-electron chi connectivity index (χ4n) is 13.6. The van der Waals surface area contributed by atoms with Gasteiger partial charge in [-0.05, 0) is 163 Å². The molecule has 77 heavy (non-hydrogen) atoms. The molecule has 0 fully saturated rings. The summed E-state index contributed by atoms with van der Waals surface area (Å²) in [5.74, 6) is 0. The van der Waals surface area contributed by atoms with E-state index in [4.69, 9.17) is 0 Å². The largest absolute Gasteiger partial charge is 0.310 e. The molecule has 386 valence electrons. The average molecular weight is 1020 g/mol. The quantitative estimate of drug-likeness (QED) is 0.163. The van der Waals surface area contributed by atoms with Gasteiger partial charge in [-0.25, -0.2) is 0 Å². The molecule has 4 heterocycles. The van der Waals surface area contributed by atoms with Gasteiger partial charge in [-0.3, -0.25) is 0 Å². The van der Waals surface area contributed by atoms with Gasteiger partial charge in [0.25, 0.3) is 6.71 Å². The molecule has 10 aromatic rings. The number of aromatic nitrogens is 1. The van der Waals surface area contributed by atoms with E-state index in [0.29, 0.717) is 0 Å². The van der Waals surface area contributed by atoms with Gasteiger partial charge in [-0.1, -0.05) is 182 Å². The Balaban J connectivity index is 1.16. The Hall–Kier alpha value is -6.82. The van der Waals surface area contributed by atoms with Crippen molar-refractivity contribution in [3.63, 3.8) is 0 Å². The third-order valence-corrected chi connectivity index (χ3v) is 19.0. The highest BCUT2D eigenvalue weighted by molar-refractivity contribution is 7.26. The molecule has 8 aromatic carbocycles. The van der Waals surface area contributed by atoms with Crippen molar-refractivity contribution in [2.24, 2.45) is 0 Å². The maximum Gasteiger partial charge on any atom is 0.252 e. The Morgan fingerprint density at radius 3 is 1.74 bits per heavy atom. The van der Waals surface area contributed by atoms with E-state index in [1.807, 2.05) is 11.3 Å². The summed E-state index contributed by atoms with van der Waals surface area (Å²) in [6.45, 7) is 39.9. The molecule has 3 aliphatic rings. The molecule has 0 radical (unpaired) electrons. The lowest BCUT2D eigenvalue weighted by Crippen LogP contribution is -2.60. The molecule has 0 bridgehead atoms. The molecule has 2 aromatic heterocycles. The smallest absolute Gasteiger partial charge is 0.252 e. The first-order valence-electron chi connectivity index (χ1n) is 28.1. The first-order valence-corrected chi connectivity index (χ1v) is 28.9. The molecule has 0 saturated heterocycles. The lowest BCUT2D eigenvalue weighted by Gasteiger charge is -2.42. The Kier molecular flexibility index (Phi) is 10.6. The fourth-order valence-corrected chi connectivity index (χ4v) is 14.8. The van der Waals surface area contributed by atoms with E-state index in [2.05, 4.69) is 272 Å². The van der Waals surface area contributed by atoms with Crippen molar-refractivity contribution < 1.29 is 0 Å². The van der Waals surface area contributed by atoms with Crippen LogP contribution in [-0.4, -0.2) is 11.3 Å². The minimum absolute atomic E-state index is 0.0170. The van der Waals surface area contributed by atoms with E-state index < -0.39 is 0 Å². The molecule has 0 spiro atoms. The molecule has 0 unspecified atom stereocenters. The molecule has 2 aliphatic heterocycles. The molecule has 13 rings (SSSR count). The van der Waals surface area contributed by atoms with Crippen LogP contribution in [0.2, 0.25) is 0 Å². The maximum absolute atomic E-state index is 2.71. The van der Waals surface area contributed by atoms with Crippen LogP contribution in [0.25, 0.3) is 48.0 Å². The van der Waals surface area contributed by atoms with E-state index in [0.717, 1.165) is 5.69 Å². The summed E-state index contributed by atoms with van der Waals surface area (Å²) in [5.41, 5.74) is 28.5. The van der Waals surface area contributed by atoms with Gasteiger partial charge in [-0.15, -0.1) is 11.3 Å². The van der Waals surface area contributed by atoms with E-state index in [1.54, 1.807) is 0 Å². The highest BCUT2D eigenvalue weighted by atomic mass is 32.1. The normalized spacial score (nSPS) is 14.6. The molecule has 0 N–H and O–H groups in total. The highest BCUT2D eigenvalue weighted by Gasteiger charge is 2.48. The van der Waals surface area contributed by atoms with E-state index in [-0.39, 0.29) is 33.8 Å². The van der Waals surface area contributed by atoms with Gasteiger partial charge in [0.15, 0.2) is 0 Å². The van der Waals surface area contributed by atoms with Crippen LogP contribution >= 0.6 is 11.3 Å². The molecule has 0 amide bonds. The van der Waals surface area contributed by atoms with Crippen LogP contribution in [0.4, 0.5) is 34.1 Å². The topological polar surface area (TPSA) is 11.4 Å². The van der Waals surface area contributed by atoms with Gasteiger partial charge in [0, 0.05) is 71.5 Å². The zero-order valence-electron chi connectivity index (χ0n) is 48.6. The molecule has 5 heteroatoms. The van der Waals surface area contributed by atoms with Gasteiger partial charge >= 0.3 is 0 Å². The van der Waals surface area contributed by atoms with Gasteiger partial charge < -0.3 is 14.4 Å². The molecular formula is C72H74BN3S. The molecule has 0 atom stereocenters. The van der Waals surface area contributed by atoms with Crippen molar-refractivity contribution in [1.82, 2.24) is 4.57 Å². The standard InChI is InChI=1S/C72H74BN3S/c1-41-33-60-64-61(34-41)76-65-52(63-66(76)51-21-18-19-23-53(51)72(63,16)17)37-47(71(13,14)15)38-55(65)73(64)54-30-28-48(40-59(54)75(60)58-24-20-22-50-49-29-25-46(70(10,11)12)39-62(49)77-67(50)58)74(56-31-26-44(35-42(56)2)68(4,5)6)57-32-27-45(36-43(57)3)69(7,8)9/h18-40H,1-17H3. The summed E-state index contributed by atoms with van der Waals surface area (Å²) in [6.07, 6.45) is 0. The van der Waals surface area contributed by atoms with Crippen LogP contribution in [0.1, 0.15) is 147 Å². The van der Waals surface area contributed by atoms with Crippen molar-refractivity contribution in [3.8, 4) is 16.9 Å². The van der Waals surface area contributed by atoms with Crippen LogP contribution in [0, 0.1) is 20.8 Å². The predicted octanol–water partition coefficient (Wildman–Crippen LogP) is 18.5. The van der Waals surface area contributed by atoms with Crippen molar-refractivity contribution in [3.05, 3.63) is 190 Å². The zero-order chi connectivity index (χ0) is 54.4. The molecule has 1 aliphatic carbocycles. The number of hydrogen-bond donors (Lipinski definition) is 0. The minimum atomic E-state index is -0.186. The Morgan fingerprint density at radius 1 is 0.494 bits per heavy atom. The van der Waals surface area contributed by atoms with Crippen molar-refractivity contribution in [1.29, 1.82) is 0 Å². The summed E-state index contributed by atoms with van der Waals surface area (Å²) < 4.78 is 5.35. The highest BCUT2D eigenvalue weighted by Crippen LogP contribution is 2.56. The number of rotatable bonds is 4. The third-order valence-electron chi connectivity index (χ3n) is 17.8. The van der Waals surface area contributed by atoms with Gasteiger partial charge in [0.05, 0.1) is 16.1 Å². The number of nitrogens with zero attached hydrogens (tertiary/aromatic N) is 3. The van der Waals surface area contributed by atoms with Crippen LogP contribution in [0.15, 0.2) is 140 Å². The second kappa shape index (κ2) is 16.4. The van der Waals surface area contributed by atoms with Crippen LogP contribution in [0.5, 0.6) is 0 Å². The first kappa shape index (κ1) is 49.7. The lowest BCUT2D eigenvalue weighted by molar-refractivity contribution is 0.589. The summed E-state index contributed by atoms with van der Waals surface area (Å²) in [7, 11) is 0. The van der Waals surface area contributed by atoms with Crippen molar-refractivity contribution in [2.75, 3.05) is 9.80 Å². The summed E-state index contributed by atoms with van der Waals surface area (Å²) in [6, 6.07) is 55.4. The second-order valence-electron chi connectivity index (χ2n) is 27.7. The van der Waals surface area contributed by atoms with Crippen molar-refractivity contribution in [2.45, 2.75) is 145 Å². The van der Waals surface area contributed by atoms with Gasteiger partial charge in [0.1, 0.15) is 0 Å². The summed E-state index contributed by atoms with van der Waals surface area (Å²) in [5, 5.41) is 4.01. The first-order chi connectivity index (χ1) is 36.2. The Labute approximate surface area is 462 Å². The predicted molar refractivity (Wildman–Crippen MR) is 337 cm³/mol. The lowest BCUT2D eigenvalue weighted by atomic mass is 9.33. The molecule has 0 saturated carbocycles. The number of benzene rings is 8. The Bertz CT molecular complexity index is 4100. The summed E-state index contributed by atoms with van der Waals surface area (Å²) >= 11 is 1.95. The summed E-state index contributed by atoms with van der Waals surface area (Å²) in [4.78, 5) is 5.24. The number of anilines is 6. The van der Waals surface area contributed by atoms with Crippen LogP contribution in [-0.2, 0) is 27.1 Å². The number of thiophene rings is 1. The third kappa shape index (κ3) is 7.35. The monoisotopic (exact) mass is 1020 g/mol. The minimum Gasteiger partial charge on any atom is -0.310 e.